The second-order valence-corrected chi connectivity index (χ2v) is 4.77. The second-order valence-electron chi connectivity index (χ2n) is 4.77. The number of nitrogens with one attached hydrogen (secondary N) is 1. The minimum Gasteiger partial charge on any atom is -0.373 e. The Morgan fingerprint density at radius 3 is 2.45 bits per heavy atom. The zero-order valence-electron chi connectivity index (χ0n) is 12.1. The van der Waals surface area contributed by atoms with Gasteiger partial charge in [0.2, 0.25) is 5.91 Å². The van der Waals surface area contributed by atoms with Crippen molar-refractivity contribution in [3.05, 3.63) is 53.7 Å². The standard InChI is InChI=1S/C16H19N3O/c1-12-4-6-13(7-5-12)10-16(20)19(3)14-8-9-15(17-2)18-11-14/h4-9,11H,10H2,1-3H3,(H,17,18). The third-order valence-corrected chi connectivity index (χ3v) is 3.24. The number of rotatable bonds is 4. The fraction of sp³-hybridized carbons (Fsp3) is 0.250. The lowest BCUT2D eigenvalue weighted by molar-refractivity contribution is -0.117. The summed E-state index contributed by atoms with van der Waals surface area (Å²) in [6.45, 7) is 2.03. The first-order valence-electron chi connectivity index (χ1n) is 6.56. The van der Waals surface area contributed by atoms with Crippen molar-refractivity contribution < 1.29 is 4.79 Å². The number of carbonyl (C=O) groups is 1. The zero-order chi connectivity index (χ0) is 14.5. The average molecular weight is 269 g/mol. The third-order valence-electron chi connectivity index (χ3n) is 3.24. The minimum absolute atomic E-state index is 0.0489. The Balaban J connectivity index is 2.05. The highest BCUT2D eigenvalue weighted by Crippen LogP contribution is 2.15. The Hall–Kier alpha value is -2.36. The number of amides is 1. The van der Waals surface area contributed by atoms with Crippen molar-refractivity contribution in [2.75, 3.05) is 24.3 Å². The van der Waals surface area contributed by atoms with Crippen LogP contribution in [0, 0.1) is 6.92 Å². The summed E-state index contributed by atoms with van der Waals surface area (Å²) in [5, 5.41) is 2.95. The number of pyridine rings is 1. The van der Waals surface area contributed by atoms with Gasteiger partial charge in [0, 0.05) is 14.1 Å². The van der Waals surface area contributed by atoms with Crippen molar-refractivity contribution in [2.24, 2.45) is 0 Å². The van der Waals surface area contributed by atoms with Crippen molar-refractivity contribution >= 4 is 17.4 Å². The number of hydrogen-bond donors (Lipinski definition) is 1. The quantitative estimate of drug-likeness (QED) is 0.928. The molecule has 1 aromatic carbocycles. The molecule has 0 spiro atoms. The van der Waals surface area contributed by atoms with Crippen LogP contribution in [-0.2, 0) is 11.2 Å². The molecule has 2 rings (SSSR count). The van der Waals surface area contributed by atoms with Crippen LogP contribution >= 0.6 is 0 Å². The number of benzene rings is 1. The molecule has 20 heavy (non-hydrogen) atoms. The Bertz CT molecular complexity index is 576. The van der Waals surface area contributed by atoms with Gasteiger partial charge in [-0.25, -0.2) is 4.98 Å². The van der Waals surface area contributed by atoms with Crippen LogP contribution < -0.4 is 10.2 Å². The van der Waals surface area contributed by atoms with Gasteiger partial charge < -0.3 is 10.2 Å². The van der Waals surface area contributed by atoms with Gasteiger partial charge in [-0.15, -0.1) is 0 Å². The number of anilines is 2. The molecule has 2 aromatic rings. The van der Waals surface area contributed by atoms with E-state index in [2.05, 4.69) is 10.3 Å². The normalized spacial score (nSPS) is 10.2. The van der Waals surface area contributed by atoms with Crippen LogP contribution in [0.25, 0.3) is 0 Å². The SMILES string of the molecule is CNc1ccc(N(C)C(=O)Cc2ccc(C)cc2)cn1. The average Bonchev–Trinajstić information content (AvgIpc) is 2.49. The van der Waals surface area contributed by atoms with Crippen LogP contribution in [0.15, 0.2) is 42.6 Å². The summed E-state index contributed by atoms with van der Waals surface area (Å²) in [6, 6.07) is 11.8. The zero-order valence-corrected chi connectivity index (χ0v) is 12.1. The lowest BCUT2D eigenvalue weighted by atomic mass is 10.1. The van der Waals surface area contributed by atoms with E-state index in [1.54, 1.807) is 18.1 Å². The number of likely N-dealkylation sites (N-methyl/N-ethyl adjacent to an activating group) is 1. The summed E-state index contributed by atoms with van der Waals surface area (Å²) < 4.78 is 0. The molecule has 1 heterocycles. The van der Waals surface area contributed by atoms with Gasteiger partial charge in [0.25, 0.3) is 0 Å². The molecule has 4 heteroatoms. The molecule has 0 aliphatic heterocycles. The predicted molar refractivity (Wildman–Crippen MR) is 82.1 cm³/mol. The molecule has 1 aromatic heterocycles. The fourth-order valence-corrected chi connectivity index (χ4v) is 1.88. The summed E-state index contributed by atoms with van der Waals surface area (Å²) in [7, 11) is 3.58. The first kappa shape index (κ1) is 14.1. The molecule has 104 valence electrons. The molecular formula is C16H19N3O. The van der Waals surface area contributed by atoms with Crippen molar-refractivity contribution in [2.45, 2.75) is 13.3 Å². The minimum atomic E-state index is 0.0489. The van der Waals surface area contributed by atoms with Gasteiger partial charge in [0.05, 0.1) is 18.3 Å². The summed E-state index contributed by atoms with van der Waals surface area (Å²) in [5.74, 6) is 0.834. The Labute approximate surface area is 119 Å². The van der Waals surface area contributed by atoms with E-state index in [4.69, 9.17) is 0 Å². The van der Waals surface area contributed by atoms with Crippen LogP contribution in [-0.4, -0.2) is 25.0 Å². The van der Waals surface area contributed by atoms with E-state index in [0.29, 0.717) is 6.42 Å². The summed E-state index contributed by atoms with van der Waals surface area (Å²) in [6.07, 6.45) is 2.09. The molecule has 0 atom stereocenters. The number of aromatic nitrogens is 1. The van der Waals surface area contributed by atoms with E-state index < -0.39 is 0 Å². The van der Waals surface area contributed by atoms with Gasteiger partial charge in [-0.2, -0.15) is 0 Å². The van der Waals surface area contributed by atoms with Crippen molar-refractivity contribution in [1.82, 2.24) is 4.98 Å². The number of carbonyl (C=O) groups excluding carboxylic acids is 1. The fourth-order valence-electron chi connectivity index (χ4n) is 1.88. The maximum absolute atomic E-state index is 12.2. The largest absolute Gasteiger partial charge is 0.373 e. The maximum atomic E-state index is 12.2. The van der Waals surface area contributed by atoms with Gasteiger partial charge in [-0.3, -0.25) is 4.79 Å². The van der Waals surface area contributed by atoms with Gasteiger partial charge in [0.15, 0.2) is 0 Å². The lowest BCUT2D eigenvalue weighted by Crippen LogP contribution is -2.27. The third kappa shape index (κ3) is 3.35. The number of hydrogen-bond acceptors (Lipinski definition) is 3. The Morgan fingerprint density at radius 2 is 1.90 bits per heavy atom. The highest BCUT2D eigenvalue weighted by atomic mass is 16.2. The second kappa shape index (κ2) is 6.19. The molecule has 0 unspecified atom stereocenters. The molecule has 0 bridgehead atoms. The van der Waals surface area contributed by atoms with Crippen molar-refractivity contribution in [3.8, 4) is 0 Å². The molecule has 0 aliphatic rings. The molecule has 0 radical (unpaired) electrons. The molecule has 0 aliphatic carbocycles. The van der Waals surface area contributed by atoms with Gasteiger partial charge in [-0.05, 0) is 24.6 Å². The van der Waals surface area contributed by atoms with Gasteiger partial charge in [-0.1, -0.05) is 29.8 Å². The van der Waals surface area contributed by atoms with Crippen LogP contribution in [0.5, 0.6) is 0 Å². The number of nitrogens with zero attached hydrogens (tertiary/aromatic N) is 2. The van der Waals surface area contributed by atoms with E-state index in [1.807, 2.05) is 50.4 Å². The highest BCUT2D eigenvalue weighted by Gasteiger charge is 2.11. The maximum Gasteiger partial charge on any atom is 0.231 e. The summed E-state index contributed by atoms with van der Waals surface area (Å²) >= 11 is 0. The lowest BCUT2D eigenvalue weighted by Gasteiger charge is -2.17. The highest BCUT2D eigenvalue weighted by molar-refractivity contribution is 5.94. The molecule has 1 amide bonds. The predicted octanol–water partition coefficient (Wildman–Crippen LogP) is 2.64. The first-order valence-corrected chi connectivity index (χ1v) is 6.56. The van der Waals surface area contributed by atoms with Crippen LogP contribution in [0.1, 0.15) is 11.1 Å². The number of aryl methyl sites for hydroxylation is 1. The molecule has 0 saturated heterocycles. The smallest absolute Gasteiger partial charge is 0.231 e. The van der Waals surface area contributed by atoms with Crippen LogP contribution in [0.3, 0.4) is 0 Å². The van der Waals surface area contributed by atoms with Gasteiger partial charge >= 0.3 is 0 Å². The summed E-state index contributed by atoms with van der Waals surface area (Å²) in [5.41, 5.74) is 3.01. The molecule has 4 nitrogen and oxygen atoms in total. The van der Waals surface area contributed by atoms with Crippen molar-refractivity contribution in [3.63, 3.8) is 0 Å². The molecule has 0 saturated carbocycles. The monoisotopic (exact) mass is 269 g/mol. The topological polar surface area (TPSA) is 45.2 Å². The van der Waals surface area contributed by atoms with E-state index in [0.717, 1.165) is 17.1 Å². The molecular weight excluding hydrogens is 250 g/mol. The Kier molecular flexibility index (Phi) is 4.35. The summed E-state index contributed by atoms with van der Waals surface area (Å²) in [4.78, 5) is 18.1. The first-order chi connectivity index (χ1) is 9.60. The van der Waals surface area contributed by atoms with E-state index in [-0.39, 0.29) is 5.91 Å². The molecule has 0 fully saturated rings. The van der Waals surface area contributed by atoms with Crippen LogP contribution in [0.2, 0.25) is 0 Å². The van der Waals surface area contributed by atoms with Crippen LogP contribution in [0.4, 0.5) is 11.5 Å². The van der Waals surface area contributed by atoms with E-state index in [9.17, 15) is 4.79 Å². The van der Waals surface area contributed by atoms with E-state index in [1.165, 1.54) is 5.56 Å². The molecule has 1 N–H and O–H groups in total. The van der Waals surface area contributed by atoms with Gasteiger partial charge in [0.1, 0.15) is 5.82 Å². The van der Waals surface area contributed by atoms with E-state index >= 15 is 0 Å². The Morgan fingerprint density at radius 1 is 1.20 bits per heavy atom. The van der Waals surface area contributed by atoms with Crippen molar-refractivity contribution in [1.29, 1.82) is 0 Å².